The standard InChI is InChI=1S/C14H19N3/c1-17(14-8-4-12(16)5-9-14)13-6-2-11(10-15)3-7-13/h2-3,6-7,12,14H,4-5,8-9,16H2,1H3. The van der Waals surface area contributed by atoms with E-state index in [0.717, 1.165) is 25.7 Å². The minimum Gasteiger partial charge on any atom is -0.372 e. The first-order chi connectivity index (χ1) is 8.20. The summed E-state index contributed by atoms with van der Waals surface area (Å²) in [6, 6.07) is 10.9. The zero-order chi connectivity index (χ0) is 12.3. The van der Waals surface area contributed by atoms with Crippen molar-refractivity contribution in [1.82, 2.24) is 0 Å². The lowest BCUT2D eigenvalue weighted by Crippen LogP contribution is -2.38. The number of nitrogens with zero attached hydrogens (tertiary/aromatic N) is 2. The van der Waals surface area contributed by atoms with Gasteiger partial charge < -0.3 is 10.6 Å². The molecule has 1 fully saturated rings. The molecule has 1 saturated carbocycles. The molecule has 0 spiro atoms. The van der Waals surface area contributed by atoms with Gasteiger partial charge in [-0.1, -0.05) is 0 Å². The molecule has 0 aliphatic heterocycles. The molecule has 0 atom stereocenters. The molecule has 2 rings (SSSR count). The van der Waals surface area contributed by atoms with E-state index < -0.39 is 0 Å². The van der Waals surface area contributed by atoms with E-state index in [1.54, 1.807) is 0 Å². The summed E-state index contributed by atoms with van der Waals surface area (Å²) in [6.45, 7) is 0. The molecule has 0 unspecified atom stereocenters. The minimum absolute atomic E-state index is 0.389. The number of nitrogens with two attached hydrogens (primary N) is 1. The first-order valence-corrected chi connectivity index (χ1v) is 6.19. The summed E-state index contributed by atoms with van der Waals surface area (Å²) in [5.41, 5.74) is 7.82. The van der Waals surface area contributed by atoms with Gasteiger partial charge in [0.25, 0.3) is 0 Å². The average molecular weight is 229 g/mol. The molecule has 0 radical (unpaired) electrons. The van der Waals surface area contributed by atoms with Crippen molar-refractivity contribution in [2.45, 2.75) is 37.8 Å². The molecule has 1 aliphatic rings. The van der Waals surface area contributed by atoms with Gasteiger partial charge in [0.15, 0.2) is 0 Å². The molecule has 1 aromatic rings. The lowest BCUT2D eigenvalue weighted by atomic mass is 9.91. The Bertz CT molecular complexity index is 396. The summed E-state index contributed by atoms with van der Waals surface area (Å²) in [5, 5.41) is 8.77. The summed E-state index contributed by atoms with van der Waals surface area (Å²) >= 11 is 0. The second-order valence-electron chi connectivity index (χ2n) is 4.84. The molecule has 17 heavy (non-hydrogen) atoms. The molecule has 0 aromatic heterocycles. The molecule has 1 aromatic carbocycles. The van der Waals surface area contributed by atoms with Crippen molar-refractivity contribution >= 4 is 5.69 Å². The van der Waals surface area contributed by atoms with E-state index in [9.17, 15) is 0 Å². The second kappa shape index (κ2) is 5.20. The third kappa shape index (κ3) is 2.78. The summed E-state index contributed by atoms with van der Waals surface area (Å²) in [4.78, 5) is 2.31. The van der Waals surface area contributed by atoms with Crippen LogP contribution in [-0.2, 0) is 0 Å². The highest BCUT2D eigenvalue weighted by Crippen LogP contribution is 2.25. The molecular formula is C14H19N3. The molecule has 90 valence electrons. The zero-order valence-corrected chi connectivity index (χ0v) is 10.3. The van der Waals surface area contributed by atoms with E-state index in [2.05, 4.69) is 18.0 Å². The summed E-state index contributed by atoms with van der Waals surface area (Å²) < 4.78 is 0. The van der Waals surface area contributed by atoms with E-state index >= 15 is 0 Å². The Balaban J connectivity index is 2.03. The van der Waals surface area contributed by atoms with Gasteiger partial charge in [0, 0.05) is 24.8 Å². The zero-order valence-electron chi connectivity index (χ0n) is 10.3. The van der Waals surface area contributed by atoms with E-state index in [4.69, 9.17) is 11.0 Å². The predicted octanol–water partition coefficient (Wildman–Crippen LogP) is 2.26. The van der Waals surface area contributed by atoms with E-state index in [1.807, 2.05) is 24.3 Å². The molecule has 3 heteroatoms. The average Bonchev–Trinajstić information content (AvgIpc) is 2.39. The van der Waals surface area contributed by atoms with Crippen LogP contribution in [0.5, 0.6) is 0 Å². The highest BCUT2D eigenvalue weighted by molar-refractivity contribution is 5.49. The Labute approximate surface area is 103 Å². The third-order valence-electron chi connectivity index (χ3n) is 3.69. The Hall–Kier alpha value is -1.53. The molecule has 1 aliphatic carbocycles. The van der Waals surface area contributed by atoms with E-state index in [1.165, 1.54) is 5.69 Å². The Morgan fingerprint density at radius 2 is 1.76 bits per heavy atom. The van der Waals surface area contributed by atoms with Crippen molar-refractivity contribution < 1.29 is 0 Å². The molecule has 3 nitrogen and oxygen atoms in total. The minimum atomic E-state index is 0.389. The highest BCUT2D eigenvalue weighted by Gasteiger charge is 2.21. The van der Waals surface area contributed by atoms with Crippen LogP contribution in [0.2, 0.25) is 0 Å². The van der Waals surface area contributed by atoms with Crippen LogP contribution in [-0.4, -0.2) is 19.1 Å². The smallest absolute Gasteiger partial charge is 0.0991 e. The van der Waals surface area contributed by atoms with Crippen molar-refractivity contribution in [3.8, 4) is 6.07 Å². The van der Waals surface area contributed by atoms with Gasteiger partial charge in [0.05, 0.1) is 11.6 Å². The third-order valence-corrected chi connectivity index (χ3v) is 3.69. The number of rotatable bonds is 2. The first kappa shape index (κ1) is 11.9. The molecule has 0 amide bonds. The lowest BCUT2D eigenvalue weighted by Gasteiger charge is -2.35. The number of anilines is 1. The highest BCUT2D eigenvalue weighted by atomic mass is 15.1. The maximum absolute atomic E-state index is 8.77. The maximum atomic E-state index is 8.77. The van der Waals surface area contributed by atoms with E-state index in [-0.39, 0.29) is 0 Å². The van der Waals surface area contributed by atoms with Crippen LogP contribution >= 0.6 is 0 Å². The van der Waals surface area contributed by atoms with Crippen molar-refractivity contribution in [2.75, 3.05) is 11.9 Å². The van der Waals surface area contributed by atoms with Crippen LogP contribution in [0.1, 0.15) is 31.2 Å². The fraction of sp³-hybridized carbons (Fsp3) is 0.500. The van der Waals surface area contributed by atoms with Crippen LogP contribution in [0.4, 0.5) is 5.69 Å². The summed E-state index contributed by atoms with van der Waals surface area (Å²) in [7, 11) is 2.13. The van der Waals surface area contributed by atoms with Crippen LogP contribution in [0.25, 0.3) is 0 Å². The van der Waals surface area contributed by atoms with Crippen LogP contribution in [0, 0.1) is 11.3 Å². The Kier molecular flexibility index (Phi) is 3.65. The van der Waals surface area contributed by atoms with E-state index in [0.29, 0.717) is 17.6 Å². The van der Waals surface area contributed by atoms with Crippen molar-refractivity contribution in [3.63, 3.8) is 0 Å². The SMILES string of the molecule is CN(c1ccc(C#N)cc1)C1CCC(N)CC1. The van der Waals surface area contributed by atoms with Gasteiger partial charge in [0.1, 0.15) is 0 Å². The van der Waals surface area contributed by atoms with Gasteiger partial charge in [-0.05, 0) is 49.9 Å². The first-order valence-electron chi connectivity index (χ1n) is 6.19. The van der Waals surface area contributed by atoms with Gasteiger partial charge in [-0.3, -0.25) is 0 Å². The van der Waals surface area contributed by atoms with Gasteiger partial charge in [0.2, 0.25) is 0 Å². The Morgan fingerprint density at radius 3 is 2.29 bits per heavy atom. The quantitative estimate of drug-likeness (QED) is 0.846. The second-order valence-corrected chi connectivity index (χ2v) is 4.84. The topological polar surface area (TPSA) is 53.0 Å². The lowest BCUT2D eigenvalue weighted by molar-refractivity contribution is 0.385. The summed E-state index contributed by atoms with van der Waals surface area (Å²) in [5.74, 6) is 0. The largest absolute Gasteiger partial charge is 0.372 e. The van der Waals surface area contributed by atoms with Gasteiger partial charge >= 0.3 is 0 Å². The van der Waals surface area contributed by atoms with Gasteiger partial charge in [-0.15, -0.1) is 0 Å². The van der Waals surface area contributed by atoms with Crippen molar-refractivity contribution in [1.29, 1.82) is 5.26 Å². The Morgan fingerprint density at radius 1 is 1.18 bits per heavy atom. The number of nitriles is 1. The molecular weight excluding hydrogens is 210 g/mol. The van der Waals surface area contributed by atoms with Gasteiger partial charge in [-0.2, -0.15) is 5.26 Å². The maximum Gasteiger partial charge on any atom is 0.0991 e. The molecule has 0 heterocycles. The van der Waals surface area contributed by atoms with Crippen LogP contribution in [0.15, 0.2) is 24.3 Å². The fourth-order valence-corrected chi connectivity index (χ4v) is 2.47. The normalized spacial score (nSPS) is 24.1. The van der Waals surface area contributed by atoms with Crippen LogP contribution < -0.4 is 10.6 Å². The van der Waals surface area contributed by atoms with Crippen LogP contribution in [0.3, 0.4) is 0 Å². The number of hydrogen-bond acceptors (Lipinski definition) is 3. The van der Waals surface area contributed by atoms with Crippen molar-refractivity contribution in [3.05, 3.63) is 29.8 Å². The molecule has 0 saturated heterocycles. The van der Waals surface area contributed by atoms with Crippen molar-refractivity contribution in [2.24, 2.45) is 5.73 Å². The molecule has 0 bridgehead atoms. The van der Waals surface area contributed by atoms with Gasteiger partial charge in [-0.25, -0.2) is 0 Å². The molecule has 2 N–H and O–H groups in total. The fourth-order valence-electron chi connectivity index (χ4n) is 2.47. The summed E-state index contributed by atoms with van der Waals surface area (Å²) in [6.07, 6.45) is 4.56. The number of benzene rings is 1. The monoisotopic (exact) mass is 229 g/mol. The number of hydrogen-bond donors (Lipinski definition) is 1. The predicted molar refractivity (Wildman–Crippen MR) is 69.8 cm³/mol.